The number of thiazole rings is 1. The second-order valence-corrected chi connectivity index (χ2v) is 7.45. The number of amides is 1. The number of H-pyrrole nitrogens is 1. The molecule has 0 bridgehead atoms. The van der Waals surface area contributed by atoms with Gasteiger partial charge in [0.2, 0.25) is 5.88 Å². The van der Waals surface area contributed by atoms with Crippen molar-refractivity contribution in [2.75, 3.05) is 5.75 Å². The molecule has 2 heterocycles. The first-order valence-corrected chi connectivity index (χ1v) is 9.23. The number of rotatable bonds is 4. The molecule has 124 valence electrons. The molecule has 0 unspecified atom stereocenters. The predicted molar refractivity (Wildman–Crippen MR) is 99.8 cm³/mol. The second-order valence-electron chi connectivity index (χ2n) is 5.20. The molecule has 0 saturated carbocycles. The number of hydrogen-bond acceptors (Lipinski definition) is 6. The monoisotopic (exact) mass is 368 g/mol. The fraction of sp³-hybridized carbons (Fsp3) is 0.0588. The van der Waals surface area contributed by atoms with Gasteiger partial charge in [-0.3, -0.25) is 4.79 Å². The number of aromatic amines is 1. The number of thioether (sulfide) groups is 1. The van der Waals surface area contributed by atoms with Crippen LogP contribution < -0.4 is 0 Å². The average Bonchev–Trinajstić information content (AvgIpc) is 3.18. The second kappa shape index (κ2) is 6.66. The van der Waals surface area contributed by atoms with E-state index in [2.05, 4.69) is 20.2 Å². The maximum absolute atomic E-state index is 12.0. The fourth-order valence-electron chi connectivity index (χ4n) is 2.39. The minimum Gasteiger partial charge on any atom is -0.493 e. The Morgan fingerprint density at radius 1 is 1.20 bits per heavy atom. The van der Waals surface area contributed by atoms with Crippen LogP contribution in [0.2, 0.25) is 0 Å². The number of fused-ring (bicyclic) bond motifs is 2. The van der Waals surface area contributed by atoms with Gasteiger partial charge in [-0.1, -0.05) is 42.1 Å². The Morgan fingerprint density at radius 3 is 2.88 bits per heavy atom. The number of para-hydroxylation sites is 2. The van der Waals surface area contributed by atoms with Gasteiger partial charge >= 0.3 is 0 Å². The normalized spacial score (nSPS) is 11.7. The first kappa shape index (κ1) is 15.8. The number of hydrogen-bond donors (Lipinski definition) is 2. The summed E-state index contributed by atoms with van der Waals surface area (Å²) in [4.78, 5) is 19.2. The van der Waals surface area contributed by atoms with Gasteiger partial charge in [-0.25, -0.2) is 4.98 Å². The molecule has 25 heavy (non-hydrogen) atoms. The SMILES string of the molecule is O=C(CSc1nc2ccccc2s1)N=Nc1c(O)[nH]c2ccccc12. The van der Waals surface area contributed by atoms with Gasteiger partial charge in [0, 0.05) is 5.39 Å². The minimum atomic E-state index is -0.381. The Kier molecular flexibility index (Phi) is 4.21. The van der Waals surface area contributed by atoms with Crippen LogP contribution in [0.4, 0.5) is 5.69 Å². The zero-order valence-electron chi connectivity index (χ0n) is 12.8. The summed E-state index contributed by atoms with van der Waals surface area (Å²) in [7, 11) is 0. The number of benzene rings is 2. The summed E-state index contributed by atoms with van der Waals surface area (Å²) in [6, 6.07) is 15.1. The van der Waals surface area contributed by atoms with Crippen molar-refractivity contribution in [1.29, 1.82) is 0 Å². The van der Waals surface area contributed by atoms with E-state index in [0.717, 1.165) is 25.5 Å². The Hall–Kier alpha value is -2.71. The molecular weight excluding hydrogens is 356 g/mol. The number of carbonyl (C=O) groups is 1. The lowest BCUT2D eigenvalue weighted by atomic mass is 10.2. The highest BCUT2D eigenvalue weighted by molar-refractivity contribution is 8.01. The molecule has 2 aromatic heterocycles. The zero-order chi connectivity index (χ0) is 17.2. The number of carbonyl (C=O) groups excluding carboxylic acids is 1. The van der Waals surface area contributed by atoms with E-state index in [-0.39, 0.29) is 23.2 Å². The van der Waals surface area contributed by atoms with Crippen LogP contribution >= 0.6 is 23.1 Å². The van der Waals surface area contributed by atoms with Crippen LogP contribution in [0.25, 0.3) is 21.1 Å². The Labute approximate surface area is 150 Å². The molecule has 0 spiro atoms. The third kappa shape index (κ3) is 3.26. The molecule has 4 rings (SSSR count). The average molecular weight is 368 g/mol. The van der Waals surface area contributed by atoms with Crippen molar-refractivity contribution in [1.82, 2.24) is 9.97 Å². The van der Waals surface area contributed by atoms with E-state index >= 15 is 0 Å². The quantitative estimate of drug-likeness (QED) is 0.396. The van der Waals surface area contributed by atoms with Gasteiger partial charge < -0.3 is 10.1 Å². The molecule has 2 N–H and O–H groups in total. The lowest BCUT2D eigenvalue weighted by Crippen LogP contribution is -1.94. The maximum Gasteiger partial charge on any atom is 0.274 e. The third-order valence-electron chi connectivity index (χ3n) is 3.51. The van der Waals surface area contributed by atoms with Crippen molar-refractivity contribution in [3.63, 3.8) is 0 Å². The van der Waals surface area contributed by atoms with E-state index in [4.69, 9.17) is 0 Å². The van der Waals surface area contributed by atoms with Gasteiger partial charge in [-0.05, 0) is 18.2 Å². The minimum absolute atomic E-state index is 0.100. The van der Waals surface area contributed by atoms with E-state index in [1.54, 1.807) is 17.4 Å². The number of aromatic hydroxyl groups is 1. The summed E-state index contributed by atoms with van der Waals surface area (Å²) >= 11 is 2.87. The summed E-state index contributed by atoms with van der Waals surface area (Å²) < 4.78 is 1.91. The van der Waals surface area contributed by atoms with Crippen LogP contribution in [0.5, 0.6) is 5.88 Å². The van der Waals surface area contributed by atoms with Crippen LogP contribution in [-0.4, -0.2) is 26.7 Å². The predicted octanol–water partition coefficient (Wildman–Crippen LogP) is 4.89. The molecular formula is C17H12N4O2S2. The summed E-state index contributed by atoms with van der Waals surface area (Å²) in [6.45, 7) is 0. The van der Waals surface area contributed by atoms with Gasteiger partial charge in [-0.15, -0.1) is 21.6 Å². The van der Waals surface area contributed by atoms with E-state index in [1.807, 2.05) is 42.5 Å². The van der Waals surface area contributed by atoms with E-state index in [9.17, 15) is 9.90 Å². The molecule has 0 radical (unpaired) electrons. The van der Waals surface area contributed by atoms with Gasteiger partial charge in [0.05, 0.1) is 21.5 Å². The van der Waals surface area contributed by atoms with Gasteiger partial charge in [-0.2, -0.15) is 0 Å². The number of nitrogens with one attached hydrogen (secondary N) is 1. The van der Waals surface area contributed by atoms with E-state index < -0.39 is 0 Å². The van der Waals surface area contributed by atoms with E-state index in [1.165, 1.54) is 11.8 Å². The highest BCUT2D eigenvalue weighted by atomic mass is 32.2. The Balaban J connectivity index is 1.46. The molecule has 0 fully saturated rings. The topological polar surface area (TPSA) is 90.7 Å². The van der Waals surface area contributed by atoms with Gasteiger partial charge in [0.1, 0.15) is 0 Å². The molecule has 4 aromatic rings. The zero-order valence-corrected chi connectivity index (χ0v) is 14.5. The first-order valence-electron chi connectivity index (χ1n) is 7.43. The van der Waals surface area contributed by atoms with Gasteiger partial charge in [0.25, 0.3) is 5.91 Å². The summed E-state index contributed by atoms with van der Waals surface area (Å²) in [5.74, 6) is -0.336. The molecule has 6 nitrogen and oxygen atoms in total. The summed E-state index contributed by atoms with van der Waals surface area (Å²) in [6.07, 6.45) is 0. The van der Waals surface area contributed by atoms with Crippen molar-refractivity contribution in [3.8, 4) is 5.88 Å². The van der Waals surface area contributed by atoms with Crippen molar-refractivity contribution in [2.24, 2.45) is 10.2 Å². The lowest BCUT2D eigenvalue weighted by Gasteiger charge is -1.93. The number of azo groups is 1. The van der Waals surface area contributed by atoms with Crippen LogP contribution in [0, 0.1) is 0 Å². The number of nitrogens with zero attached hydrogens (tertiary/aromatic N) is 3. The van der Waals surface area contributed by atoms with Crippen molar-refractivity contribution >= 4 is 55.8 Å². The molecule has 8 heteroatoms. The molecule has 1 amide bonds. The standard InChI is InChI=1S/C17H12N4O2S2/c22-14(9-24-17-19-12-7-3-4-8-13(12)25-17)20-21-15-10-5-1-2-6-11(10)18-16(15)23/h1-8,18,23H,9H2. The largest absolute Gasteiger partial charge is 0.493 e. The molecule has 0 atom stereocenters. The lowest BCUT2D eigenvalue weighted by molar-refractivity contribution is -0.115. The summed E-state index contributed by atoms with van der Waals surface area (Å²) in [5, 5.41) is 18.2. The van der Waals surface area contributed by atoms with Gasteiger partial charge in [0.15, 0.2) is 10.0 Å². The first-order chi connectivity index (χ1) is 12.2. The smallest absolute Gasteiger partial charge is 0.274 e. The van der Waals surface area contributed by atoms with Crippen molar-refractivity contribution < 1.29 is 9.90 Å². The Morgan fingerprint density at radius 2 is 2.00 bits per heavy atom. The molecule has 2 aromatic carbocycles. The molecule has 0 aliphatic heterocycles. The molecule has 0 aliphatic carbocycles. The van der Waals surface area contributed by atoms with Crippen LogP contribution in [0.1, 0.15) is 0 Å². The Bertz CT molecular complexity index is 1070. The molecule has 0 saturated heterocycles. The van der Waals surface area contributed by atoms with Crippen molar-refractivity contribution in [2.45, 2.75) is 4.34 Å². The fourth-order valence-corrected chi connectivity index (χ4v) is 4.23. The highest BCUT2D eigenvalue weighted by Gasteiger charge is 2.11. The van der Waals surface area contributed by atoms with Crippen LogP contribution in [0.3, 0.4) is 0 Å². The van der Waals surface area contributed by atoms with Crippen LogP contribution in [-0.2, 0) is 4.79 Å². The van der Waals surface area contributed by atoms with Crippen LogP contribution in [0.15, 0.2) is 63.1 Å². The number of aromatic nitrogens is 2. The third-order valence-corrected chi connectivity index (χ3v) is 5.68. The summed E-state index contributed by atoms with van der Waals surface area (Å²) in [5.41, 5.74) is 1.94. The maximum atomic E-state index is 12.0. The highest BCUT2D eigenvalue weighted by Crippen LogP contribution is 2.35. The molecule has 0 aliphatic rings. The van der Waals surface area contributed by atoms with E-state index in [0.29, 0.717) is 0 Å². The van der Waals surface area contributed by atoms with Crippen molar-refractivity contribution in [3.05, 3.63) is 48.5 Å².